The number of rotatable bonds is 2. The second kappa shape index (κ2) is 3.85. The van der Waals surface area contributed by atoms with E-state index in [1.54, 1.807) is 0 Å². The number of aliphatic carboxylic acids is 2. The number of carboxylic acid groups (broad SMARTS) is 2. The van der Waals surface area contributed by atoms with Gasteiger partial charge in [0.1, 0.15) is 6.10 Å². The highest BCUT2D eigenvalue weighted by Crippen LogP contribution is 2.34. The molecule has 0 unspecified atom stereocenters. The van der Waals surface area contributed by atoms with E-state index in [1.807, 2.05) is 0 Å². The first-order valence-electron chi connectivity index (χ1n) is 4.97. The molecule has 1 fully saturated rings. The molecule has 0 aliphatic carbocycles. The standard InChI is InChI=1S/C10H10O7/c1-3-6(9(12)13)7(10(14)15)8-4(16-3)2-5(11)17-8/h3-4,8H,2H2,1H3,(H,12,13)(H,14,15)/t3-,4+,8-/m1/s1. The summed E-state index contributed by atoms with van der Waals surface area (Å²) >= 11 is 0. The third kappa shape index (κ3) is 1.78. The Morgan fingerprint density at radius 3 is 2.35 bits per heavy atom. The first kappa shape index (κ1) is 11.6. The number of hydrogen-bond donors (Lipinski definition) is 2. The fourth-order valence-corrected chi connectivity index (χ4v) is 2.13. The maximum atomic E-state index is 11.1. The molecule has 0 spiro atoms. The zero-order valence-electron chi connectivity index (χ0n) is 8.87. The van der Waals surface area contributed by atoms with Crippen LogP contribution in [0.2, 0.25) is 0 Å². The van der Waals surface area contributed by atoms with E-state index < -0.39 is 41.8 Å². The number of fused-ring (bicyclic) bond motifs is 1. The third-order valence-corrected chi connectivity index (χ3v) is 2.78. The first-order chi connectivity index (χ1) is 7.91. The molecule has 2 rings (SSSR count). The average molecular weight is 242 g/mol. The molecule has 0 bridgehead atoms. The molecule has 3 atom stereocenters. The summed E-state index contributed by atoms with van der Waals surface area (Å²) in [5.41, 5.74) is -0.763. The molecule has 2 aliphatic heterocycles. The minimum absolute atomic E-state index is 0.0569. The van der Waals surface area contributed by atoms with E-state index >= 15 is 0 Å². The van der Waals surface area contributed by atoms with Gasteiger partial charge in [-0.25, -0.2) is 9.59 Å². The maximum absolute atomic E-state index is 11.1. The van der Waals surface area contributed by atoms with Crippen molar-refractivity contribution in [2.45, 2.75) is 31.7 Å². The molecule has 2 N–H and O–H groups in total. The van der Waals surface area contributed by atoms with Crippen molar-refractivity contribution < 1.29 is 34.1 Å². The molecule has 0 aromatic heterocycles. The smallest absolute Gasteiger partial charge is 0.336 e. The highest BCUT2D eigenvalue weighted by molar-refractivity contribution is 6.01. The first-order valence-corrected chi connectivity index (χ1v) is 4.97. The van der Waals surface area contributed by atoms with Crippen molar-refractivity contribution in [2.24, 2.45) is 0 Å². The Kier molecular flexibility index (Phi) is 2.62. The van der Waals surface area contributed by atoms with Gasteiger partial charge in [0.2, 0.25) is 0 Å². The van der Waals surface area contributed by atoms with Gasteiger partial charge in [-0.15, -0.1) is 0 Å². The van der Waals surface area contributed by atoms with Crippen molar-refractivity contribution in [3.63, 3.8) is 0 Å². The van der Waals surface area contributed by atoms with Crippen LogP contribution in [0.5, 0.6) is 0 Å². The summed E-state index contributed by atoms with van der Waals surface area (Å²) in [5, 5.41) is 18.0. The molecule has 0 aromatic carbocycles. The SMILES string of the molecule is C[C@H]1O[C@H]2CC(=O)O[C@H]2C(C(=O)O)=C1C(=O)O. The lowest BCUT2D eigenvalue weighted by molar-refractivity contribution is -0.146. The number of carbonyl (C=O) groups is 3. The number of carboxylic acids is 2. The van der Waals surface area contributed by atoms with Gasteiger partial charge < -0.3 is 19.7 Å². The van der Waals surface area contributed by atoms with Crippen molar-refractivity contribution >= 4 is 17.9 Å². The quantitative estimate of drug-likeness (QED) is 0.631. The zero-order valence-corrected chi connectivity index (χ0v) is 8.87. The molecule has 7 heteroatoms. The minimum Gasteiger partial charge on any atom is -0.478 e. The average Bonchev–Trinajstić information content (AvgIpc) is 2.54. The lowest BCUT2D eigenvalue weighted by Gasteiger charge is -2.30. The van der Waals surface area contributed by atoms with Gasteiger partial charge in [0, 0.05) is 0 Å². The van der Waals surface area contributed by atoms with Crippen LogP contribution in [0.15, 0.2) is 11.1 Å². The van der Waals surface area contributed by atoms with Gasteiger partial charge in [0.15, 0.2) is 6.10 Å². The van der Waals surface area contributed by atoms with Gasteiger partial charge in [-0.3, -0.25) is 4.79 Å². The van der Waals surface area contributed by atoms with E-state index in [1.165, 1.54) is 6.92 Å². The van der Waals surface area contributed by atoms with Gasteiger partial charge in [-0.2, -0.15) is 0 Å². The van der Waals surface area contributed by atoms with Gasteiger partial charge >= 0.3 is 17.9 Å². The Balaban J connectivity index is 2.52. The van der Waals surface area contributed by atoms with E-state index in [0.717, 1.165) is 0 Å². The van der Waals surface area contributed by atoms with Crippen LogP contribution >= 0.6 is 0 Å². The maximum Gasteiger partial charge on any atom is 0.336 e. The molecule has 0 saturated carbocycles. The summed E-state index contributed by atoms with van der Waals surface area (Å²) in [6.07, 6.45) is -2.78. The summed E-state index contributed by atoms with van der Waals surface area (Å²) in [4.78, 5) is 33.2. The Bertz CT molecular complexity index is 436. The van der Waals surface area contributed by atoms with E-state index in [2.05, 4.69) is 0 Å². The van der Waals surface area contributed by atoms with Crippen LogP contribution in [0.4, 0.5) is 0 Å². The molecule has 92 valence electrons. The van der Waals surface area contributed by atoms with Crippen molar-refractivity contribution in [1.29, 1.82) is 0 Å². The summed E-state index contributed by atoms with van der Waals surface area (Å²) in [6, 6.07) is 0. The summed E-state index contributed by atoms with van der Waals surface area (Å²) in [7, 11) is 0. The fraction of sp³-hybridized carbons (Fsp3) is 0.500. The number of carbonyl (C=O) groups excluding carboxylic acids is 1. The number of hydrogen-bond acceptors (Lipinski definition) is 5. The van der Waals surface area contributed by atoms with E-state index in [0.29, 0.717) is 0 Å². The second-order valence-corrected chi connectivity index (χ2v) is 3.87. The second-order valence-electron chi connectivity index (χ2n) is 3.87. The Morgan fingerprint density at radius 1 is 1.24 bits per heavy atom. The van der Waals surface area contributed by atoms with Gasteiger partial charge in [0.05, 0.1) is 23.7 Å². The van der Waals surface area contributed by atoms with E-state index in [9.17, 15) is 14.4 Å². The van der Waals surface area contributed by atoms with Crippen LogP contribution in [-0.4, -0.2) is 46.4 Å². The topological polar surface area (TPSA) is 110 Å². The Labute approximate surface area is 95.6 Å². The molecule has 1 saturated heterocycles. The molecule has 0 aromatic rings. The van der Waals surface area contributed by atoms with Crippen molar-refractivity contribution in [3.05, 3.63) is 11.1 Å². The Morgan fingerprint density at radius 2 is 1.82 bits per heavy atom. The summed E-state index contributed by atoms with van der Waals surface area (Å²) in [6.45, 7) is 1.44. The highest BCUT2D eigenvalue weighted by Gasteiger charge is 2.48. The Hall–Kier alpha value is -1.89. The molecule has 7 nitrogen and oxygen atoms in total. The number of esters is 1. The predicted octanol–water partition coefficient (Wildman–Crippen LogP) is -0.445. The van der Waals surface area contributed by atoms with Gasteiger partial charge in [0.25, 0.3) is 0 Å². The highest BCUT2D eigenvalue weighted by atomic mass is 16.6. The van der Waals surface area contributed by atoms with Gasteiger partial charge in [-0.05, 0) is 6.92 Å². The summed E-state index contributed by atoms with van der Waals surface area (Å²) in [5.74, 6) is -3.36. The number of ether oxygens (including phenoxy) is 2. The predicted molar refractivity (Wildman–Crippen MR) is 51.1 cm³/mol. The third-order valence-electron chi connectivity index (χ3n) is 2.78. The van der Waals surface area contributed by atoms with Gasteiger partial charge in [-0.1, -0.05) is 0 Å². The molecular formula is C10H10O7. The molecule has 2 aliphatic rings. The largest absolute Gasteiger partial charge is 0.478 e. The van der Waals surface area contributed by atoms with Crippen LogP contribution in [0.3, 0.4) is 0 Å². The lowest BCUT2D eigenvalue weighted by atomic mass is 9.92. The molecule has 2 heterocycles. The molecular weight excluding hydrogens is 232 g/mol. The fourth-order valence-electron chi connectivity index (χ4n) is 2.13. The van der Waals surface area contributed by atoms with Crippen LogP contribution < -0.4 is 0 Å². The van der Waals surface area contributed by atoms with Crippen LogP contribution in [0, 0.1) is 0 Å². The molecule has 0 amide bonds. The van der Waals surface area contributed by atoms with E-state index in [4.69, 9.17) is 19.7 Å². The normalized spacial score (nSPS) is 32.1. The molecule has 0 radical (unpaired) electrons. The van der Waals surface area contributed by atoms with Crippen molar-refractivity contribution in [2.75, 3.05) is 0 Å². The van der Waals surface area contributed by atoms with Crippen molar-refractivity contribution in [1.82, 2.24) is 0 Å². The molecule has 17 heavy (non-hydrogen) atoms. The van der Waals surface area contributed by atoms with Crippen LogP contribution in [-0.2, 0) is 23.9 Å². The zero-order chi connectivity index (χ0) is 12.7. The lowest BCUT2D eigenvalue weighted by Crippen LogP contribution is -2.42. The minimum atomic E-state index is -1.40. The monoisotopic (exact) mass is 242 g/mol. The van der Waals surface area contributed by atoms with E-state index in [-0.39, 0.29) is 12.0 Å². The van der Waals surface area contributed by atoms with Crippen molar-refractivity contribution in [3.8, 4) is 0 Å². The summed E-state index contributed by atoms with van der Waals surface area (Å²) < 4.78 is 10.1. The van der Waals surface area contributed by atoms with Crippen LogP contribution in [0.25, 0.3) is 0 Å². The van der Waals surface area contributed by atoms with Crippen LogP contribution in [0.1, 0.15) is 13.3 Å².